The fourth-order valence-electron chi connectivity index (χ4n) is 2.78. The van der Waals surface area contributed by atoms with Crippen LogP contribution in [0.4, 0.5) is 5.69 Å². The van der Waals surface area contributed by atoms with Crippen molar-refractivity contribution in [3.8, 4) is 5.75 Å². The fraction of sp³-hybridized carbons (Fsp3) is 0.318. The first kappa shape index (κ1) is 21.6. The minimum absolute atomic E-state index is 0.0307. The van der Waals surface area contributed by atoms with E-state index >= 15 is 0 Å². The van der Waals surface area contributed by atoms with Crippen molar-refractivity contribution in [2.45, 2.75) is 32.6 Å². The summed E-state index contributed by atoms with van der Waals surface area (Å²) in [6.45, 7) is 2.27. The Hall–Kier alpha value is -3.06. The van der Waals surface area contributed by atoms with Crippen LogP contribution in [0.2, 0.25) is 5.02 Å². The molecule has 0 bridgehead atoms. The highest BCUT2D eigenvalue weighted by molar-refractivity contribution is 6.30. The lowest BCUT2D eigenvalue weighted by Gasteiger charge is -2.10. The predicted octanol–water partition coefficient (Wildman–Crippen LogP) is 3.62. The number of hydrogen-bond acceptors (Lipinski definition) is 4. The summed E-state index contributed by atoms with van der Waals surface area (Å²) in [6.07, 6.45) is 2.50. The Balaban J connectivity index is 1.37. The molecule has 3 amide bonds. The zero-order valence-corrected chi connectivity index (χ0v) is 17.4. The molecule has 7 nitrogen and oxygen atoms in total. The van der Waals surface area contributed by atoms with Crippen molar-refractivity contribution >= 4 is 35.0 Å². The molecule has 1 fully saturated rings. The number of aryl methyl sites for hydroxylation is 1. The second-order valence-corrected chi connectivity index (χ2v) is 7.64. The molecular formula is C22H24ClN3O4. The zero-order valence-electron chi connectivity index (χ0n) is 16.7. The maximum Gasteiger partial charge on any atom is 0.269 e. The minimum Gasteiger partial charge on any atom is -0.493 e. The number of rotatable bonds is 8. The number of halogens is 1. The first-order chi connectivity index (χ1) is 14.4. The predicted molar refractivity (Wildman–Crippen MR) is 114 cm³/mol. The van der Waals surface area contributed by atoms with Crippen molar-refractivity contribution in [2.75, 3.05) is 11.9 Å². The Morgan fingerprint density at radius 1 is 1.10 bits per heavy atom. The molecule has 1 saturated carbocycles. The summed E-state index contributed by atoms with van der Waals surface area (Å²) in [5, 5.41) is 3.44. The lowest BCUT2D eigenvalue weighted by Crippen LogP contribution is -2.41. The maximum absolute atomic E-state index is 12.2. The lowest BCUT2D eigenvalue weighted by atomic mass is 10.2. The lowest BCUT2D eigenvalue weighted by molar-refractivity contribution is -0.122. The maximum atomic E-state index is 12.2. The highest BCUT2D eigenvalue weighted by Crippen LogP contribution is 2.30. The van der Waals surface area contributed by atoms with Gasteiger partial charge in [0, 0.05) is 28.6 Å². The van der Waals surface area contributed by atoms with Crippen molar-refractivity contribution in [3.63, 3.8) is 0 Å². The van der Waals surface area contributed by atoms with Gasteiger partial charge in [0.25, 0.3) is 5.91 Å². The largest absolute Gasteiger partial charge is 0.493 e. The number of amides is 3. The van der Waals surface area contributed by atoms with Crippen molar-refractivity contribution in [1.82, 2.24) is 10.9 Å². The molecule has 0 heterocycles. The number of nitrogens with one attached hydrogen (secondary N) is 3. The van der Waals surface area contributed by atoms with Crippen LogP contribution in [0.3, 0.4) is 0 Å². The summed E-state index contributed by atoms with van der Waals surface area (Å²) in [4.78, 5) is 36.0. The normalized spacial score (nSPS) is 12.7. The number of ether oxygens (including phenoxy) is 1. The third-order valence-corrected chi connectivity index (χ3v) is 4.83. The standard InChI is InChI=1S/C22H24ClN3O4/c1-14-12-17(23)9-10-19(14)30-11-3-6-20(27)25-26-22(29)16-4-2-5-18(13-16)24-21(28)15-7-8-15/h2,4-5,9-10,12-13,15H,3,6-8,11H2,1H3,(H,24,28)(H,25,27)(H,26,29). The van der Waals surface area contributed by atoms with Gasteiger partial charge in [-0.2, -0.15) is 0 Å². The van der Waals surface area contributed by atoms with Crippen molar-refractivity contribution < 1.29 is 19.1 Å². The third kappa shape index (κ3) is 6.49. The minimum atomic E-state index is -0.459. The molecule has 0 atom stereocenters. The van der Waals surface area contributed by atoms with Gasteiger partial charge < -0.3 is 10.1 Å². The number of hydrogen-bond donors (Lipinski definition) is 3. The van der Waals surface area contributed by atoms with Gasteiger partial charge >= 0.3 is 0 Å². The topological polar surface area (TPSA) is 96.5 Å². The summed E-state index contributed by atoms with van der Waals surface area (Å²) in [5.74, 6) is -0.00937. The second kappa shape index (κ2) is 10.1. The summed E-state index contributed by atoms with van der Waals surface area (Å²) in [5.41, 5.74) is 6.59. The van der Waals surface area contributed by atoms with Crippen LogP contribution in [0.1, 0.15) is 41.6 Å². The molecule has 3 rings (SSSR count). The van der Waals surface area contributed by atoms with Gasteiger partial charge in [0.1, 0.15) is 5.75 Å². The van der Waals surface area contributed by atoms with Crippen LogP contribution in [0.5, 0.6) is 5.75 Å². The van der Waals surface area contributed by atoms with Crippen molar-refractivity contribution in [2.24, 2.45) is 5.92 Å². The summed E-state index contributed by atoms with van der Waals surface area (Å²) in [6, 6.07) is 11.9. The summed E-state index contributed by atoms with van der Waals surface area (Å²) < 4.78 is 5.64. The molecule has 0 saturated heterocycles. The van der Waals surface area contributed by atoms with E-state index in [0.29, 0.717) is 29.3 Å². The Kier molecular flexibility index (Phi) is 7.30. The van der Waals surface area contributed by atoms with Gasteiger partial charge in [-0.3, -0.25) is 25.2 Å². The van der Waals surface area contributed by atoms with Crippen LogP contribution in [0.15, 0.2) is 42.5 Å². The third-order valence-electron chi connectivity index (χ3n) is 4.60. The molecule has 2 aromatic rings. The first-order valence-corrected chi connectivity index (χ1v) is 10.2. The number of hydrazine groups is 1. The molecule has 8 heteroatoms. The highest BCUT2D eigenvalue weighted by atomic mass is 35.5. The Labute approximate surface area is 180 Å². The van der Waals surface area contributed by atoms with Crippen LogP contribution >= 0.6 is 11.6 Å². The van der Waals surface area contributed by atoms with Gasteiger partial charge in [0.2, 0.25) is 11.8 Å². The van der Waals surface area contributed by atoms with Gasteiger partial charge in [-0.25, -0.2) is 0 Å². The van der Waals surface area contributed by atoms with E-state index in [4.69, 9.17) is 16.3 Å². The van der Waals surface area contributed by atoms with Crippen LogP contribution in [0.25, 0.3) is 0 Å². The Morgan fingerprint density at radius 2 is 1.90 bits per heavy atom. The Morgan fingerprint density at radius 3 is 2.63 bits per heavy atom. The highest BCUT2D eigenvalue weighted by Gasteiger charge is 2.29. The number of carbonyl (C=O) groups is 3. The Bertz CT molecular complexity index is 944. The van der Waals surface area contributed by atoms with Crippen LogP contribution in [-0.4, -0.2) is 24.3 Å². The molecule has 0 aliphatic heterocycles. The van der Waals surface area contributed by atoms with Gasteiger partial charge in [-0.15, -0.1) is 0 Å². The molecule has 2 aromatic carbocycles. The summed E-state index contributed by atoms with van der Waals surface area (Å²) >= 11 is 5.91. The molecule has 30 heavy (non-hydrogen) atoms. The van der Waals surface area contributed by atoms with E-state index < -0.39 is 5.91 Å². The molecule has 0 radical (unpaired) electrons. The van der Waals surface area contributed by atoms with Crippen LogP contribution < -0.4 is 20.9 Å². The number of benzene rings is 2. The fourth-order valence-corrected chi connectivity index (χ4v) is 3.01. The van der Waals surface area contributed by atoms with Gasteiger partial charge in [-0.05, 0) is 68.1 Å². The van der Waals surface area contributed by atoms with Gasteiger partial charge in [-0.1, -0.05) is 17.7 Å². The molecule has 0 aromatic heterocycles. The van der Waals surface area contributed by atoms with E-state index in [0.717, 1.165) is 24.2 Å². The molecule has 0 unspecified atom stereocenters. The SMILES string of the molecule is Cc1cc(Cl)ccc1OCCCC(=O)NNC(=O)c1cccc(NC(=O)C2CC2)c1. The molecule has 1 aliphatic carbocycles. The summed E-state index contributed by atoms with van der Waals surface area (Å²) in [7, 11) is 0. The molecular weight excluding hydrogens is 406 g/mol. The second-order valence-electron chi connectivity index (χ2n) is 7.21. The monoisotopic (exact) mass is 429 g/mol. The van der Waals surface area contributed by atoms with Crippen LogP contribution in [0, 0.1) is 12.8 Å². The van der Waals surface area contributed by atoms with E-state index in [1.807, 2.05) is 13.0 Å². The molecule has 3 N–H and O–H groups in total. The molecule has 158 valence electrons. The van der Waals surface area contributed by atoms with Crippen molar-refractivity contribution in [3.05, 3.63) is 58.6 Å². The van der Waals surface area contributed by atoms with Gasteiger partial charge in [0.05, 0.1) is 6.61 Å². The zero-order chi connectivity index (χ0) is 21.5. The number of anilines is 1. The van der Waals surface area contributed by atoms with E-state index in [9.17, 15) is 14.4 Å². The number of carbonyl (C=O) groups excluding carboxylic acids is 3. The van der Waals surface area contributed by atoms with Crippen molar-refractivity contribution in [1.29, 1.82) is 0 Å². The average Bonchev–Trinajstić information content (AvgIpc) is 3.56. The van der Waals surface area contributed by atoms with E-state index in [1.54, 1.807) is 36.4 Å². The van der Waals surface area contributed by atoms with E-state index in [1.165, 1.54) is 0 Å². The van der Waals surface area contributed by atoms with Gasteiger partial charge in [0.15, 0.2) is 0 Å². The van der Waals surface area contributed by atoms with Crippen LogP contribution in [-0.2, 0) is 9.59 Å². The van der Waals surface area contributed by atoms with E-state index in [2.05, 4.69) is 16.2 Å². The average molecular weight is 430 g/mol. The quantitative estimate of drug-likeness (QED) is 0.441. The first-order valence-electron chi connectivity index (χ1n) is 9.81. The van der Waals surface area contributed by atoms with E-state index in [-0.39, 0.29) is 24.2 Å². The molecule has 0 spiro atoms. The smallest absolute Gasteiger partial charge is 0.269 e. The molecule has 1 aliphatic rings.